The third-order valence-corrected chi connectivity index (χ3v) is 5.97. The van der Waals surface area contributed by atoms with E-state index in [1.807, 2.05) is 6.92 Å². The van der Waals surface area contributed by atoms with Crippen molar-refractivity contribution in [1.82, 2.24) is 4.90 Å². The minimum Gasteiger partial charge on any atom is -0.496 e. The molecular weight excluding hydrogens is 456 g/mol. The van der Waals surface area contributed by atoms with E-state index in [0.717, 1.165) is 22.2 Å². The molecule has 0 radical (unpaired) electrons. The molecule has 1 aliphatic heterocycles. The number of halogens is 1. The number of nitrogens with one attached hydrogen (secondary N) is 1. The van der Waals surface area contributed by atoms with Crippen molar-refractivity contribution in [2.24, 2.45) is 0 Å². The SMILES string of the molecule is COc1cc(OC)c(C=C2SC(=O)N(CC(=O)Nc3ccc(C)c(Cl)c3)C2=O)c(OC)c1. The van der Waals surface area contributed by atoms with Crippen molar-refractivity contribution in [1.29, 1.82) is 0 Å². The van der Waals surface area contributed by atoms with Crippen LogP contribution in [0.15, 0.2) is 35.2 Å². The Kier molecular flexibility index (Phi) is 7.32. The molecule has 0 unspecified atom stereocenters. The van der Waals surface area contributed by atoms with Gasteiger partial charge in [-0.3, -0.25) is 19.3 Å². The highest BCUT2D eigenvalue weighted by Gasteiger charge is 2.36. The van der Waals surface area contributed by atoms with Crippen LogP contribution in [-0.2, 0) is 9.59 Å². The van der Waals surface area contributed by atoms with E-state index >= 15 is 0 Å². The summed E-state index contributed by atoms with van der Waals surface area (Å²) in [5, 5.41) is 2.59. The van der Waals surface area contributed by atoms with Gasteiger partial charge in [0.1, 0.15) is 23.8 Å². The van der Waals surface area contributed by atoms with Crippen molar-refractivity contribution in [2.45, 2.75) is 6.92 Å². The maximum Gasteiger partial charge on any atom is 0.294 e. The minimum atomic E-state index is -0.586. The number of hydrogen-bond acceptors (Lipinski definition) is 7. The Balaban J connectivity index is 1.80. The number of imide groups is 1. The number of hydrogen-bond donors (Lipinski definition) is 1. The number of carbonyl (C=O) groups is 3. The molecule has 168 valence electrons. The van der Waals surface area contributed by atoms with Crippen LogP contribution in [0.2, 0.25) is 5.02 Å². The molecule has 2 aromatic carbocycles. The molecule has 3 rings (SSSR count). The number of aryl methyl sites for hydroxylation is 1. The number of thioether (sulfide) groups is 1. The van der Waals surface area contributed by atoms with Gasteiger partial charge in [-0.2, -0.15) is 0 Å². The third-order valence-electron chi connectivity index (χ3n) is 4.66. The van der Waals surface area contributed by atoms with Crippen molar-refractivity contribution in [3.63, 3.8) is 0 Å². The number of ether oxygens (including phenoxy) is 3. The highest BCUT2D eigenvalue weighted by Crippen LogP contribution is 2.39. The van der Waals surface area contributed by atoms with E-state index in [9.17, 15) is 14.4 Å². The fourth-order valence-electron chi connectivity index (χ4n) is 2.96. The molecule has 2 aromatic rings. The first-order valence-electron chi connectivity index (χ1n) is 9.38. The quantitative estimate of drug-likeness (QED) is 0.593. The van der Waals surface area contributed by atoms with Crippen LogP contribution in [0, 0.1) is 6.92 Å². The average molecular weight is 477 g/mol. The van der Waals surface area contributed by atoms with Crippen LogP contribution in [0.25, 0.3) is 6.08 Å². The van der Waals surface area contributed by atoms with Gasteiger partial charge < -0.3 is 19.5 Å². The van der Waals surface area contributed by atoms with Gasteiger partial charge in [0.2, 0.25) is 5.91 Å². The molecule has 0 saturated carbocycles. The summed E-state index contributed by atoms with van der Waals surface area (Å²) in [5.41, 5.74) is 1.81. The lowest BCUT2D eigenvalue weighted by Crippen LogP contribution is -2.36. The predicted octanol–water partition coefficient (Wildman–Crippen LogP) is 4.35. The average Bonchev–Trinajstić information content (AvgIpc) is 3.03. The number of carbonyl (C=O) groups excluding carboxylic acids is 3. The molecule has 32 heavy (non-hydrogen) atoms. The summed E-state index contributed by atoms with van der Waals surface area (Å²) in [5.74, 6) is 0.214. The second-order valence-electron chi connectivity index (χ2n) is 6.73. The Labute approximate surface area is 194 Å². The van der Waals surface area contributed by atoms with Gasteiger partial charge >= 0.3 is 0 Å². The molecule has 0 spiro atoms. The Morgan fingerprint density at radius 2 is 1.75 bits per heavy atom. The van der Waals surface area contributed by atoms with Crippen LogP contribution in [0.5, 0.6) is 17.2 Å². The summed E-state index contributed by atoms with van der Waals surface area (Å²) in [4.78, 5) is 38.7. The largest absolute Gasteiger partial charge is 0.496 e. The molecule has 3 amide bonds. The second kappa shape index (κ2) is 9.97. The summed E-state index contributed by atoms with van der Waals surface area (Å²) in [6.07, 6.45) is 1.50. The molecule has 1 saturated heterocycles. The van der Waals surface area contributed by atoms with Crippen LogP contribution in [0.4, 0.5) is 10.5 Å². The molecule has 1 N–H and O–H groups in total. The first-order valence-corrected chi connectivity index (χ1v) is 10.6. The van der Waals surface area contributed by atoms with E-state index in [0.29, 0.717) is 33.5 Å². The standard InChI is InChI=1S/C22H21ClN2O6S/c1-12-5-6-13(7-16(12)23)24-20(26)11-25-21(27)19(32-22(25)28)10-15-17(30-3)8-14(29-2)9-18(15)31-4/h5-10H,11H2,1-4H3,(H,24,26). The van der Waals surface area contributed by atoms with Crippen molar-refractivity contribution in [3.05, 3.63) is 51.4 Å². The number of methoxy groups -OCH3 is 3. The smallest absolute Gasteiger partial charge is 0.294 e. The normalized spacial score (nSPS) is 14.7. The van der Waals surface area contributed by atoms with Crippen LogP contribution in [0.3, 0.4) is 0 Å². The van der Waals surface area contributed by atoms with Crippen molar-refractivity contribution < 1.29 is 28.6 Å². The number of rotatable bonds is 7. The summed E-state index contributed by atoms with van der Waals surface area (Å²) in [6, 6.07) is 8.33. The Hall–Kier alpha value is -3.17. The molecule has 8 nitrogen and oxygen atoms in total. The van der Waals surface area contributed by atoms with E-state index in [1.165, 1.54) is 27.4 Å². The van der Waals surface area contributed by atoms with Crippen molar-refractivity contribution in [3.8, 4) is 17.2 Å². The molecule has 0 atom stereocenters. The Morgan fingerprint density at radius 1 is 1.09 bits per heavy atom. The van der Waals surface area contributed by atoms with Crippen molar-refractivity contribution >= 4 is 52.2 Å². The van der Waals surface area contributed by atoms with Gasteiger partial charge in [0.25, 0.3) is 11.1 Å². The predicted molar refractivity (Wildman–Crippen MR) is 124 cm³/mol. The number of amides is 3. The molecule has 10 heteroatoms. The van der Waals surface area contributed by atoms with Gasteiger partial charge in [-0.1, -0.05) is 17.7 Å². The second-order valence-corrected chi connectivity index (χ2v) is 8.13. The summed E-state index contributed by atoms with van der Waals surface area (Å²) < 4.78 is 16.0. The first kappa shape index (κ1) is 23.5. The summed E-state index contributed by atoms with van der Waals surface area (Å²) in [6.45, 7) is 1.41. The maximum absolute atomic E-state index is 12.8. The van der Waals surface area contributed by atoms with E-state index in [2.05, 4.69) is 5.32 Å². The summed E-state index contributed by atoms with van der Waals surface area (Å²) in [7, 11) is 4.45. The molecule has 0 aliphatic carbocycles. The van der Waals surface area contributed by atoms with E-state index < -0.39 is 23.6 Å². The monoisotopic (exact) mass is 476 g/mol. The van der Waals surface area contributed by atoms with Crippen molar-refractivity contribution in [2.75, 3.05) is 33.2 Å². The summed E-state index contributed by atoms with van der Waals surface area (Å²) >= 11 is 6.80. The molecule has 1 heterocycles. The highest BCUT2D eigenvalue weighted by atomic mass is 35.5. The Bertz CT molecular complexity index is 1090. The van der Waals surface area contributed by atoms with Gasteiger partial charge in [0.05, 0.1) is 31.8 Å². The lowest BCUT2D eigenvalue weighted by molar-refractivity contribution is -0.127. The first-order chi connectivity index (χ1) is 15.3. The fourth-order valence-corrected chi connectivity index (χ4v) is 3.96. The number of benzene rings is 2. The zero-order valence-electron chi connectivity index (χ0n) is 17.9. The molecule has 0 bridgehead atoms. The van der Waals surface area contributed by atoms with Crippen LogP contribution >= 0.6 is 23.4 Å². The highest BCUT2D eigenvalue weighted by molar-refractivity contribution is 8.18. The fraction of sp³-hybridized carbons (Fsp3) is 0.227. The van der Waals surface area contributed by atoms with E-state index in [4.69, 9.17) is 25.8 Å². The lowest BCUT2D eigenvalue weighted by Gasteiger charge is -2.14. The van der Waals surface area contributed by atoms with Crippen LogP contribution in [0.1, 0.15) is 11.1 Å². The Morgan fingerprint density at radius 3 is 2.31 bits per heavy atom. The van der Waals surface area contributed by atoms with Gasteiger partial charge in [-0.25, -0.2) is 0 Å². The number of anilines is 1. The van der Waals surface area contributed by atoms with E-state index in [-0.39, 0.29) is 4.91 Å². The van der Waals surface area contributed by atoms with Gasteiger partial charge in [-0.05, 0) is 42.5 Å². The third kappa shape index (κ3) is 5.00. The van der Waals surface area contributed by atoms with E-state index in [1.54, 1.807) is 30.3 Å². The number of nitrogens with zero attached hydrogens (tertiary/aromatic N) is 1. The molecule has 1 aliphatic rings. The molecule has 1 fully saturated rings. The zero-order chi connectivity index (χ0) is 23.4. The molecular formula is C22H21ClN2O6S. The lowest BCUT2D eigenvalue weighted by atomic mass is 10.1. The van der Waals surface area contributed by atoms with Gasteiger partial charge in [0.15, 0.2) is 0 Å². The topological polar surface area (TPSA) is 94.2 Å². The van der Waals surface area contributed by atoms with Gasteiger partial charge in [-0.15, -0.1) is 0 Å². The van der Waals surface area contributed by atoms with Crippen LogP contribution in [-0.4, -0.2) is 49.8 Å². The van der Waals surface area contributed by atoms with Gasteiger partial charge in [0, 0.05) is 22.8 Å². The van der Waals surface area contributed by atoms with Crippen LogP contribution < -0.4 is 19.5 Å². The molecule has 0 aromatic heterocycles. The maximum atomic E-state index is 12.8. The minimum absolute atomic E-state index is 0.142. The zero-order valence-corrected chi connectivity index (χ0v) is 19.4.